The number of carbonyl (C=O) groups excluding carboxylic acids is 1. The minimum absolute atomic E-state index is 0.0955. The van der Waals surface area contributed by atoms with Gasteiger partial charge < -0.3 is 15.4 Å². The quantitative estimate of drug-likeness (QED) is 0.917. The summed E-state index contributed by atoms with van der Waals surface area (Å²) in [4.78, 5) is 16.7. The first kappa shape index (κ1) is 16.4. The van der Waals surface area contributed by atoms with Gasteiger partial charge in [0.25, 0.3) is 5.91 Å². The van der Waals surface area contributed by atoms with Gasteiger partial charge in [-0.05, 0) is 38.0 Å². The zero-order valence-corrected chi connectivity index (χ0v) is 14.1. The zero-order chi connectivity index (χ0) is 16.4. The molecule has 2 aliphatic heterocycles. The van der Waals surface area contributed by atoms with Crippen molar-refractivity contribution in [3.8, 4) is 0 Å². The highest BCUT2D eigenvalue weighted by molar-refractivity contribution is 5.94. The standard InChI is InChI=1S/C18H27N3O2/c1-13-9-20(10-14(2)23-13)11-15-3-5-16(6-4-15)18(22)21-8-7-17(19)12-21/h3-6,13-14,17H,7-12,19H2,1-2H3/t13?,14?,17-/m0/s1. The summed E-state index contributed by atoms with van der Waals surface area (Å²) in [6.45, 7) is 8.49. The summed E-state index contributed by atoms with van der Waals surface area (Å²) < 4.78 is 5.77. The largest absolute Gasteiger partial charge is 0.373 e. The van der Waals surface area contributed by atoms with Gasteiger partial charge >= 0.3 is 0 Å². The number of nitrogens with two attached hydrogens (primary N) is 1. The van der Waals surface area contributed by atoms with Gasteiger partial charge in [-0.15, -0.1) is 0 Å². The Morgan fingerprint density at radius 2 is 1.83 bits per heavy atom. The number of amides is 1. The van der Waals surface area contributed by atoms with Crippen LogP contribution in [-0.4, -0.2) is 60.1 Å². The lowest BCUT2D eigenvalue weighted by atomic mass is 10.1. The molecule has 2 saturated heterocycles. The predicted molar refractivity (Wildman–Crippen MR) is 90.2 cm³/mol. The summed E-state index contributed by atoms with van der Waals surface area (Å²) in [5.41, 5.74) is 7.88. The fourth-order valence-corrected chi connectivity index (χ4v) is 3.58. The highest BCUT2D eigenvalue weighted by Gasteiger charge is 2.25. The number of rotatable bonds is 3. The van der Waals surface area contributed by atoms with Crippen molar-refractivity contribution in [2.45, 2.75) is 45.1 Å². The number of morpholine rings is 1. The van der Waals surface area contributed by atoms with Crippen LogP contribution < -0.4 is 5.73 Å². The van der Waals surface area contributed by atoms with Crippen LogP contribution in [0.25, 0.3) is 0 Å². The molecule has 1 aromatic rings. The molecule has 23 heavy (non-hydrogen) atoms. The number of carbonyl (C=O) groups is 1. The van der Waals surface area contributed by atoms with E-state index in [4.69, 9.17) is 10.5 Å². The summed E-state index contributed by atoms with van der Waals surface area (Å²) in [7, 11) is 0. The molecule has 0 aliphatic carbocycles. The molecule has 0 aromatic heterocycles. The Morgan fingerprint density at radius 1 is 1.17 bits per heavy atom. The number of hydrogen-bond donors (Lipinski definition) is 1. The fraction of sp³-hybridized carbons (Fsp3) is 0.611. The van der Waals surface area contributed by atoms with E-state index in [2.05, 4.69) is 30.9 Å². The van der Waals surface area contributed by atoms with Crippen LogP contribution in [0.2, 0.25) is 0 Å². The van der Waals surface area contributed by atoms with Gasteiger partial charge in [0.1, 0.15) is 0 Å². The maximum absolute atomic E-state index is 12.4. The summed E-state index contributed by atoms with van der Waals surface area (Å²) in [6, 6.07) is 8.13. The molecule has 2 heterocycles. The topological polar surface area (TPSA) is 58.8 Å². The van der Waals surface area contributed by atoms with Gasteiger partial charge in [0.05, 0.1) is 12.2 Å². The third-order valence-corrected chi connectivity index (χ3v) is 4.61. The van der Waals surface area contributed by atoms with E-state index in [1.165, 1.54) is 5.56 Å². The first-order valence-corrected chi connectivity index (χ1v) is 8.53. The summed E-state index contributed by atoms with van der Waals surface area (Å²) in [6.07, 6.45) is 1.45. The van der Waals surface area contributed by atoms with E-state index in [0.717, 1.165) is 38.2 Å². The Kier molecular flexibility index (Phi) is 4.99. The van der Waals surface area contributed by atoms with Crippen molar-refractivity contribution in [2.24, 2.45) is 5.73 Å². The number of nitrogens with zero attached hydrogens (tertiary/aromatic N) is 2. The third-order valence-electron chi connectivity index (χ3n) is 4.61. The van der Waals surface area contributed by atoms with Crippen molar-refractivity contribution in [3.63, 3.8) is 0 Å². The minimum atomic E-state index is 0.0955. The molecule has 3 atom stereocenters. The summed E-state index contributed by atoms with van der Waals surface area (Å²) in [5, 5.41) is 0. The summed E-state index contributed by atoms with van der Waals surface area (Å²) in [5.74, 6) is 0.0955. The minimum Gasteiger partial charge on any atom is -0.373 e. The number of benzene rings is 1. The normalized spacial score (nSPS) is 29.0. The Bertz CT molecular complexity index is 536. The molecule has 0 spiro atoms. The van der Waals surface area contributed by atoms with Gasteiger partial charge in [-0.2, -0.15) is 0 Å². The van der Waals surface area contributed by atoms with Crippen LogP contribution in [0.4, 0.5) is 0 Å². The van der Waals surface area contributed by atoms with Crippen molar-refractivity contribution in [3.05, 3.63) is 35.4 Å². The molecule has 1 amide bonds. The maximum Gasteiger partial charge on any atom is 0.253 e. The molecule has 5 heteroatoms. The molecule has 0 saturated carbocycles. The molecule has 1 aromatic carbocycles. The number of ether oxygens (including phenoxy) is 1. The molecular formula is C18H27N3O2. The van der Waals surface area contributed by atoms with Crippen molar-refractivity contribution >= 4 is 5.91 Å². The molecule has 5 nitrogen and oxygen atoms in total. The number of hydrogen-bond acceptors (Lipinski definition) is 4. The second kappa shape index (κ2) is 6.99. The SMILES string of the molecule is CC1CN(Cc2ccc(C(=O)N3CC[C@H](N)C3)cc2)CC(C)O1. The van der Waals surface area contributed by atoms with Gasteiger partial charge in [0.15, 0.2) is 0 Å². The highest BCUT2D eigenvalue weighted by atomic mass is 16.5. The zero-order valence-electron chi connectivity index (χ0n) is 14.1. The van der Waals surface area contributed by atoms with Crippen LogP contribution in [0, 0.1) is 0 Å². The molecule has 2 fully saturated rings. The molecule has 0 bridgehead atoms. The van der Waals surface area contributed by atoms with Crippen molar-refractivity contribution in [1.82, 2.24) is 9.80 Å². The van der Waals surface area contributed by atoms with Gasteiger partial charge in [-0.1, -0.05) is 12.1 Å². The van der Waals surface area contributed by atoms with Crippen LogP contribution in [0.5, 0.6) is 0 Å². The van der Waals surface area contributed by atoms with Crippen molar-refractivity contribution in [2.75, 3.05) is 26.2 Å². The van der Waals surface area contributed by atoms with Gasteiger partial charge in [0.2, 0.25) is 0 Å². The fourth-order valence-electron chi connectivity index (χ4n) is 3.58. The first-order chi connectivity index (χ1) is 11.0. The lowest BCUT2D eigenvalue weighted by Gasteiger charge is -2.35. The molecule has 3 rings (SSSR count). The smallest absolute Gasteiger partial charge is 0.253 e. The van der Waals surface area contributed by atoms with Crippen LogP contribution in [0.15, 0.2) is 24.3 Å². The van der Waals surface area contributed by atoms with Crippen molar-refractivity contribution < 1.29 is 9.53 Å². The van der Waals surface area contributed by atoms with E-state index in [1.54, 1.807) is 0 Å². The van der Waals surface area contributed by atoms with E-state index in [1.807, 2.05) is 17.0 Å². The second-order valence-electron chi connectivity index (χ2n) is 6.95. The van der Waals surface area contributed by atoms with Crippen LogP contribution in [0.3, 0.4) is 0 Å². The monoisotopic (exact) mass is 317 g/mol. The van der Waals surface area contributed by atoms with Gasteiger partial charge in [-0.3, -0.25) is 9.69 Å². The number of likely N-dealkylation sites (tertiary alicyclic amines) is 1. The second-order valence-corrected chi connectivity index (χ2v) is 6.95. The Hall–Kier alpha value is -1.43. The predicted octanol–water partition coefficient (Wildman–Crippen LogP) is 1.47. The van der Waals surface area contributed by atoms with Gasteiger partial charge in [-0.25, -0.2) is 0 Å². The first-order valence-electron chi connectivity index (χ1n) is 8.53. The maximum atomic E-state index is 12.4. The molecule has 126 valence electrons. The molecule has 2 N–H and O–H groups in total. The average Bonchev–Trinajstić information content (AvgIpc) is 2.93. The van der Waals surface area contributed by atoms with E-state index < -0.39 is 0 Å². The lowest BCUT2D eigenvalue weighted by molar-refractivity contribution is -0.0704. The molecule has 0 radical (unpaired) electrons. The van der Waals surface area contributed by atoms with E-state index >= 15 is 0 Å². The average molecular weight is 317 g/mol. The van der Waals surface area contributed by atoms with Crippen LogP contribution in [-0.2, 0) is 11.3 Å². The lowest BCUT2D eigenvalue weighted by Crippen LogP contribution is -2.44. The highest BCUT2D eigenvalue weighted by Crippen LogP contribution is 2.16. The Balaban J connectivity index is 1.59. The van der Waals surface area contributed by atoms with E-state index in [9.17, 15) is 4.79 Å². The van der Waals surface area contributed by atoms with Gasteiger partial charge in [0, 0.05) is 44.3 Å². The Morgan fingerprint density at radius 3 is 2.39 bits per heavy atom. The van der Waals surface area contributed by atoms with E-state index in [0.29, 0.717) is 6.54 Å². The molecule has 2 unspecified atom stereocenters. The summed E-state index contributed by atoms with van der Waals surface area (Å²) >= 11 is 0. The third kappa shape index (κ3) is 4.10. The van der Waals surface area contributed by atoms with Crippen LogP contribution >= 0.6 is 0 Å². The van der Waals surface area contributed by atoms with Crippen LogP contribution in [0.1, 0.15) is 36.2 Å². The van der Waals surface area contributed by atoms with E-state index in [-0.39, 0.29) is 24.2 Å². The Labute approximate surface area is 138 Å². The van der Waals surface area contributed by atoms with Crippen molar-refractivity contribution in [1.29, 1.82) is 0 Å². The molecule has 2 aliphatic rings. The molecular weight excluding hydrogens is 290 g/mol.